The molecule has 0 spiro atoms. The number of unbranched alkanes of at least 4 members (excludes halogenated alkanes) is 1. The first kappa shape index (κ1) is 18.3. The van der Waals surface area contributed by atoms with E-state index in [9.17, 15) is 0 Å². The van der Waals surface area contributed by atoms with Gasteiger partial charge >= 0.3 is 5.89 Å². The standard InChI is InChI=1S/C25H32NO/c1-5-9-12-18-15-16-19-20(17-18)24-26(22-13-10-11-14-23(22)27-24)25(7-3,8-4)21(19)6-2/h10-11,13-17,21H,5-9,12H2,1-4H3/q+1. The number of rotatable bonds is 6. The molecule has 1 aliphatic heterocycles. The van der Waals surface area contributed by atoms with Crippen LogP contribution in [0.25, 0.3) is 22.6 Å². The van der Waals surface area contributed by atoms with Crippen molar-refractivity contribution in [2.45, 2.75) is 77.7 Å². The van der Waals surface area contributed by atoms with Crippen molar-refractivity contribution >= 4 is 11.1 Å². The zero-order chi connectivity index (χ0) is 19.0. The van der Waals surface area contributed by atoms with Crippen LogP contribution < -0.4 is 4.57 Å². The van der Waals surface area contributed by atoms with Gasteiger partial charge in [0.05, 0.1) is 5.56 Å². The van der Waals surface area contributed by atoms with Crippen molar-refractivity contribution in [3.63, 3.8) is 0 Å². The fourth-order valence-electron chi connectivity index (χ4n) is 5.34. The van der Waals surface area contributed by atoms with Crippen LogP contribution in [0.3, 0.4) is 0 Å². The maximum atomic E-state index is 6.49. The van der Waals surface area contributed by atoms with Gasteiger partial charge in [0, 0.05) is 24.8 Å². The summed E-state index contributed by atoms with van der Waals surface area (Å²) in [5, 5.41) is 0. The maximum absolute atomic E-state index is 6.49. The van der Waals surface area contributed by atoms with Gasteiger partial charge in [-0.15, -0.1) is 0 Å². The van der Waals surface area contributed by atoms with Gasteiger partial charge in [-0.3, -0.25) is 0 Å². The Morgan fingerprint density at radius 3 is 2.48 bits per heavy atom. The van der Waals surface area contributed by atoms with Gasteiger partial charge in [0.2, 0.25) is 5.58 Å². The Morgan fingerprint density at radius 2 is 1.78 bits per heavy atom. The first-order valence-corrected chi connectivity index (χ1v) is 10.8. The summed E-state index contributed by atoms with van der Waals surface area (Å²) in [7, 11) is 0. The monoisotopic (exact) mass is 362 g/mol. The van der Waals surface area contributed by atoms with Crippen LogP contribution in [0.4, 0.5) is 0 Å². The molecule has 2 nitrogen and oxygen atoms in total. The molecule has 27 heavy (non-hydrogen) atoms. The third kappa shape index (κ3) is 2.64. The molecule has 0 saturated heterocycles. The predicted octanol–water partition coefficient (Wildman–Crippen LogP) is 6.75. The topological polar surface area (TPSA) is 17.0 Å². The van der Waals surface area contributed by atoms with Crippen LogP contribution in [0.5, 0.6) is 0 Å². The maximum Gasteiger partial charge on any atom is 0.382 e. The highest BCUT2D eigenvalue weighted by atomic mass is 16.4. The Bertz CT molecular complexity index is 948. The Balaban J connectivity index is 2.02. The van der Waals surface area contributed by atoms with E-state index < -0.39 is 0 Å². The Morgan fingerprint density at radius 1 is 1.00 bits per heavy atom. The zero-order valence-corrected chi connectivity index (χ0v) is 17.2. The second kappa shape index (κ2) is 7.14. The predicted molar refractivity (Wildman–Crippen MR) is 112 cm³/mol. The Labute approximate surface area is 163 Å². The number of fused-ring (bicyclic) bond motifs is 5. The molecule has 0 radical (unpaired) electrons. The first-order chi connectivity index (χ1) is 13.2. The lowest BCUT2D eigenvalue weighted by atomic mass is 9.70. The molecule has 0 aliphatic carbocycles. The minimum absolute atomic E-state index is 0.0780. The molecule has 0 saturated carbocycles. The largest absolute Gasteiger partial charge is 0.398 e. The summed E-state index contributed by atoms with van der Waals surface area (Å²) >= 11 is 0. The lowest BCUT2D eigenvalue weighted by Gasteiger charge is -2.38. The van der Waals surface area contributed by atoms with Crippen LogP contribution in [0, 0.1) is 0 Å². The molecule has 142 valence electrons. The van der Waals surface area contributed by atoms with Crippen molar-refractivity contribution < 1.29 is 8.98 Å². The number of aromatic nitrogens is 1. The van der Waals surface area contributed by atoms with E-state index in [1.54, 1.807) is 0 Å². The second-order valence-electron chi connectivity index (χ2n) is 8.01. The Kier molecular flexibility index (Phi) is 4.84. The summed E-state index contributed by atoms with van der Waals surface area (Å²) in [6.07, 6.45) is 6.99. The van der Waals surface area contributed by atoms with Crippen LogP contribution in [0.1, 0.15) is 76.8 Å². The highest BCUT2D eigenvalue weighted by Gasteiger charge is 2.53. The van der Waals surface area contributed by atoms with Gasteiger partial charge in [-0.25, -0.2) is 0 Å². The smallest absolute Gasteiger partial charge is 0.382 e. The van der Waals surface area contributed by atoms with Gasteiger partial charge in [-0.2, -0.15) is 4.57 Å². The third-order valence-electron chi connectivity index (χ3n) is 6.79. The van der Waals surface area contributed by atoms with Gasteiger partial charge in [-0.1, -0.05) is 58.4 Å². The van der Waals surface area contributed by atoms with Gasteiger partial charge < -0.3 is 4.42 Å². The van der Waals surface area contributed by atoms with Gasteiger partial charge in [0.15, 0.2) is 5.54 Å². The van der Waals surface area contributed by atoms with Crippen LogP contribution in [0.2, 0.25) is 0 Å². The molecule has 2 heterocycles. The number of hydrogen-bond donors (Lipinski definition) is 0. The molecule has 2 heteroatoms. The van der Waals surface area contributed by atoms with E-state index in [0.29, 0.717) is 5.92 Å². The van der Waals surface area contributed by atoms with E-state index in [4.69, 9.17) is 4.42 Å². The van der Waals surface area contributed by atoms with Crippen LogP contribution in [-0.4, -0.2) is 0 Å². The first-order valence-electron chi connectivity index (χ1n) is 10.8. The number of benzene rings is 2. The zero-order valence-electron chi connectivity index (χ0n) is 17.2. The highest BCUT2D eigenvalue weighted by molar-refractivity contribution is 5.73. The molecule has 1 aromatic heterocycles. The van der Waals surface area contributed by atoms with Crippen molar-refractivity contribution in [1.82, 2.24) is 0 Å². The van der Waals surface area contributed by atoms with Crippen LogP contribution >= 0.6 is 0 Å². The molecule has 1 atom stereocenters. The molecule has 4 rings (SSSR count). The highest BCUT2D eigenvalue weighted by Crippen LogP contribution is 2.48. The fraction of sp³-hybridized carbons (Fsp3) is 0.480. The van der Waals surface area contributed by atoms with Crippen molar-refractivity contribution in [3.05, 3.63) is 53.6 Å². The molecular formula is C25H32NO+. The van der Waals surface area contributed by atoms with E-state index in [1.165, 1.54) is 35.0 Å². The SMILES string of the molecule is CCCCc1ccc2c(c1)-c1oc3ccccc3[n+]1C(CC)(CC)C2CC. The number of oxazole rings is 1. The van der Waals surface area contributed by atoms with E-state index in [-0.39, 0.29) is 5.54 Å². The molecule has 1 aliphatic rings. The number of nitrogens with zero attached hydrogens (tertiary/aromatic N) is 1. The van der Waals surface area contributed by atoms with Gasteiger partial charge in [0.1, 0.15) is 0 Å². The minimum atomic E-state index is 0.0780. The van der Waals surface area contributed by atoms with Gasteiger partial charge in [0.25, 0.3) is 5.52 Å². The fourth-order valence-corrected chi connectivity index (χ4v) is 5.34. The minimum Gasteiger partial charge on any atom is -0.398 e. The van der Waals surface area contributed by atoms with Crippen molar-refractivity contribution in [3.8, 4) is 11.5 Å². The molecule has 2 aromatic carbocycles. The van der Waals surface area contributed by atoms with Crippen molar-refractivity contribution in [2.24, 2.45) is 0 Å². The van der Waals surface area contributed by atoms with E-state index in [1.807, 2.05) is 0 Å². The molecule has 0 N–H and O–H groups in total. The van der Waals surface area contributed by atoms with E-state index in [2.05, 4.69) is 74.7 Å². The summed E-state index contributed by atoms with van der Waals surface area (Å²) < 4.78 is 9.04. The molecular weight excluding hydrogens is 330 g/mol. The average molecular weight is 363 g/mol. The van der Waals surface area contributed by atoms with E-state index in [0.717, 1.165) is 37.2 Å². The lowest BCUT2D eigenvalue weighted by molar-refractivity contribution is -0.743. The third-order valence-corrected chi connectivity index (χ3v) is 6.79. The van der Waals surface area contributed by atoms with Crippen molar-refractivity contribution in [1.29, 1.82) is 0 Å². The second-order valence-corrected chi connectivity index (χ2v) is 8.01. The number of aryl methyl sites for hydroxylation is 1. The summed E-state index contributed by atoms with van der Waals surface area (Å²) in [4.78, 5) is 0. The quantitative estimate of drug-likeness (QED) is 0.443. The Hall–Kier alpha value is -2.09. The molecule has 0 amide bonds. The average Bonchev–Trinajstić information content (AvgIpc) is 3.11. The van der Waals surface area contributed by atoms with Crippen LogP contribution in [-0.2, 0) is 12.0 Å². The van der Waals surface area contributed by atoms with Crippen molar-refractivity contribution in [2.75, 3.05) is 0 Å². The van der Waals surface area contributed by atoms with Gasteiger partial charge in [-0.05, 0) is 42.5 Å². The number of para-hydroxylation sites is 2. The molecule has 0 bridgehead atoms. The summed E-state index contributed by atoms with van der Waals surface area (Å²) in [5.74, 6) is 1.57. The number of hydrogen-bond acceptors (Lipinski definition) is 1. The van der Waals surface area contributed by atoms with E-state index >= 15 is 0 Å². The van der Waals surface area contributed by atoms with Crippen LogP contribution in [0.15, 0.2) is 46.9 Å². The molecule has 0 fully saturated rings. The molecule has 1 unspecified atom stereocenters. The molecule has 3 aromatic rings. The summed E-state index contributed by atoms with van der Waals surface area (Å²) in [6.45, 7) is 9.28. The lowest BCUT2D eigenvalue weighted by Crippen LogP contribution is -2.61. The summed E-state index contributed by atoms with van der Waals surface area (Å²) in [5.41, 5.74) is 6.52. The summed E-state index contributed by atoms with van der Waals surface area (Å²) in [6, 6.07) is 15.7. The normalized spacial score (nSPS) is 17.7.